The molecule has 46 heavy (non-hydrogen) atoms. The van der Waals surface area contributed by atoms with Crippen molar-refractivity contribution in [3.05, 3.63) is 70.6 Å². The van der Waals surface area contributed by atoms with Gasteiger partial charge in [0.1, 0.15) is 5.52 Å². The number of benzene rings is 2. The van der Waals surface area contributed by atoms with Crippen molar-refractivity contribution in [2.75, 3.05) is 57.8 Å². The number of piperazine rings is 1. The molecule has 3 aromatic heterocycles. The van der Waals surface area contributed by atoms with Gasteiger partial charge in [-0.25, -0.2) is 9.67 Å². The Balaban J connectivity index is 1.40. The van der Waals surface area contributed by atoms with Gasteiger partial charge in [0.05, 0.1) is 23.9 Å². The van der Waals surface area contributed by atoms with Crippen molar-refractivity contribution in [1.82, 2.24) is 34.8 Å². The molecule has 0 atom stereocenters. The highest BCUT2D eigenvalue weighted by atomic mass is 19.4. The second-order valence-electron chi connectivity index (χ2n) is 11.8. The molecule has 2 fully saturated rings. The van der Waals surface area contributed by atoms with Crippen LogP contribution in [-0.4, -0.2) is 82.4 Å². The molecule has 5 aromatic rings. The average molecular weight is 633 g/mol. The molecule has 0 aliphatic carbocycles. The molecule has 240 valence electrons. The van der Waals surface area contributed by atoms with Crippen molar-refractivity contribution in [2.24, 2.45) is 0 Å². The Hall–Kier alpha value is -4.49. The minimum absolute atomic E-state index is 0.107. The van der Waals surface area contributed by atoms with E-state index in [-0.39, 0.29) is 22.5 Å². The van der Waals surface area contributed by atoms with Gasteiger partial charge in [0, 0.05) is 68.2 Å². The third-order valence-electron chi connectivity index (χ3n) is 9.02. The lowest BCUT2D eigenvalue weighted by Gasteiger charge is -2.31. The molecule has 7 rings (SSSR count). The van der Waals surface area contributed by atoms with Crippen LogP contribution in [0, 0.1) is 0 Å². The van der Waals surface area contributed by atoms with Crippen molar-refractivity contribution < 1.29 is 17.9 Å². The summed E-state index contributed by atoms with van der Waals surface area (Å²) in [6.45, 7) is 5.30. The topological polar surface area (TPSA) is 93.3 Å². The van der Waals surface area contributed by atoms with Crippen molar-refractivity contribution in [3.63, 3.8) is 0 Å². The van der Waals surface area contributed by atoms with Crippen LogP contribution in [0.4, 0.5) is 18.9 Å². The first-order valence-electron chi connectivity index (χ1n) is 15.6. The number of fused-ring (bicyclic) bond motifs is 3. The predicted octanol–water partition coefficient (Wildman–Crippen LogP) is 4.72. The standard InChI is InChI=1S/C33H35F3N8O2/c1-46-29-10-6-23(21-38-29)22-5-8-27-25(19-22)31-30(32(45)43(27)18-17-41-13-3-2-4-14-41)39-40-44(31)24-7-9-28(26(20-24)33(34,35)36)42-15-11-37-12-16-42/h5-10,19-21,37H,2-4,11-18H2,1H3. The minimum atomic E-state index is -4.59. The summed E-state index contributed by atoms with van der Waals surface area (Å²) in [5.41, 5.74) is 2.01. The van der Waals surface area contributed by atoms with Crippen LogP contribution in [0.1, 0.15) is 24.8 Å². The van der Waals surface area contributed by atoms with Crippen LogP contribution in [-0.2, 0) is 12.7 Å². The maximum absolute atomic E-state index is 14.5. The Bertz CT molecular complexity index is 1920. The average Bonchev–Trinajstić information content (AvgIpc) is 3.54. The molecule has 0 saturated carbocycles. The number of hydrogen-bond donors (Lipinski definition) is 1. The lowest BCUT2D eigenvalue weighted by Crippen LogP contribution is -2.44. The lowest BCUT2D eigenvalue weighted by molar-refractivity contribution is -0.137. The van der Waals surface area contributed by atoms with Crippen molar-refractivity contribution >= 4 is 27.6 Å². The van der Waals surface area contributed by atoms with Gasteiger partial charge in [-0.15, -0.1) is 5.10 Å². The molecule has 1 N–H and O–H groups in total. The Labute approximate surface area is 263 Å². The summed E-state index contributed by atoms with van der Waals surface area (Å²) < 4.78 is 51.7. The third-order valence-corrected chi connectivity index (χ3v) is 9.02. The molecule has 0 bridgehead atoms. The lowest BCUT2D eigenvalue weighted by atomic mass is 10.0. The number of methoxy groups -OCH3 is 1. The van der Waals surface area contributed by atoms with Gasteiger partial charge in [-0.05, 0) is 67.9 Å². The Morgan fingerprint density at radius 2 is 1.70 bits per heavy atom. The molecule has 0 spiro atoms. The number of ether oxygens (including phenoxy) is 1. The van der Waals surface area contributed by atoms with Crippen LogP contribution in [0.2, 0.25) is 0 Å². The Kier molecular flexibility index (Phi) is 8.11. The van der Waals surface area contributed by atoms with Crippen LogP contribution < -0.4 is 20.5 Å². The van der Waals surface area contributed by atoms with E-state index in [1.54, 1.807) is 34.9 Å². The summed E-state index contributed by atoms with van der Waals surface area (Å²) in [6, 6.07) is 13.6. The van der Waals surface area contributed by atoms with Gasteiger partial charge >= 0.3 is 6.18 Å². The Morgan fingerprint density at radius 1 is 0.913 bits per heavy atom. The van der Waals surface area contributed by atoms with Crippen LogP contribution in [0.5, 0.6) is 5.88 Å². The zero-order chi connectivity index (χ0) is 31.8. The second-order valence-corrected chi connectivity index (χ2v) is 11.8. The molecule has 2 saturated heterocycles. The fraction of sp³-hybridized carbons (Fsp3) is 0.394. The SMILES string of the molecule is COc1ccc(-c2ccc3c(c2)c2c(nnn2-c2ccc(N4CCNCC4)c(C(F)(F)F)c2)c(=O)n3CCN2CCCCC2)cn1. The van der Waals surface area contributed by atoms with E-state index >= 15 is 0 Å². The molecule has 2 aliphatic heterocycles. The van der Waals surface area contributed by atoms with Gasteiger partial charge in [-0.3, -0.25) is 4.79 Å². The summed E-state index contributed by atoms with van der Waals surface area (Å²) >= 11 is 0. The number of hydrogen-bond acceptors (Lipinski definition) is 8. The number of pyridine rings is 2. The molecule has 0 amide bonds. The van der Waals surface area contributed by atoms with Gasteiger partial charge < -0.3 is 24.4 Å². The molecule has 13 heteroatoms. The third kappa shape index (κ3) is 5.69. The van der Waals surface area contributed by atoms with Gasteiger partial charge in [0.2, 0.25) is 5.88 Å². The fourth-order valence-corrected chi connectivity index (χ4v) is 6.61. The summed E-state index contributed by atoms with van der Waals surface area (Å²) in [7, 11) is 1.55. The summed E-state index contributed by atoms with van der Waals surface area (Å²) in [5.74, 6) is 0.477. The normalized spacial score (nSPS) is 16.4. The maximum atomic E-state index is 14.5. The summed E-state index contributed by atoms with van der Waals surface area (Å²) in [4.78, 5) is 22.4. The largest absolute Gasteiger partial charge is 0.481 e. The number of aromatic nitrogens is 5. The van der Waals surface area contributed by atoms with E-state index in [1.165, 1.54) is 17.2 Å². The number of alkyl halides is 3. The monoisotopic (exact) mass is 632 g/mol. The van der Waals surface area contributed by atoms with Gasteiger partial charge in [-0.2, -0.15) is 13.2 Å². The van der Waals surface area contributed by atoms with E-state index in [1.807, 2.05) is 24.3 Å². The van der Waals surface area contributed by atoms with Crippen LogP contribution in [0.25, 0.3) is 38.8 Å². The number of likely N-dealkylation sites (tertiary alicyclic amines) is 1. The first kappa shape index (κ1) is 30.2. The van der Waals surface area contributed by atoms with E-state index in [4.69, 9.17) is 4.74 Å². The van der Waals surface area contributed by atoms with E-state index in [0.29, 0.717) is 61.6 Å². The molecule has 10 nitrogen and oxygen atoms in total. The number of halogens is 3. The van der Waals surface area contributed by atoms with Crippen LogP contribution in [0.3, 0.4) is 0 Å². The van der Waals surface area contributed by atoms with Crippen molar-refractivity contribution in [2.45, 2.75) is 32.0 Å². The Morgan fingerprint density at radius 3 is 2.41 bits per heavy atom. The number of nitrogens with one attached hydrogen (secondary N) is 1. The van der Waals surface area contributed by atoms with Crippen molar-refractivity contribution in [3.8, 4) is 22.7 Å². The number of rotatable bonds is 7. The smallest absolute Gasteiger partial charge is 0.418 e. The summed E-state index contributed by atoms with van der Waals surface area (Å²) in [5, 5.41) is 12.4. The molecule has 0 radical (unpaired) electrons. The van der Waals surface area contributed by atoms with Crippen LogP contribution >= 0.6 is 0 Å². The number of nitrogens with zero attached hydrogens (tertiary/aromatic N) is 7. The van der Waals surface area contributed by atoms with Gasteiger partial charge in [-0.1, -0.05) is 17.7 Å². The van der Waals surface area contributed by atoms with Crippen molar-refractivity contribution in [1.29, 1.82) is 0 Å². The molecular weight excluding hydrogens is 597 g/mol. The van der Waals surface area contributed by atoms with E-state index in [2.05, 4.69) is 25.5 Å². The fourth-order valence-electron chi connectivity index (χ4n) is 6.61. The number of anilines is 1. The first-order valence-corrected chi connectivity index (χ1v) is 15.6. The van der Waals surface area contributed by atoms with E-state index in [9.17, 15) is 18.0 Å². The molecule has 2 aliphatic rings. The molecule has 5 heterocycles. The van der Waals surface area contributed by atoms with E-state index < -0.39 is 11.7 Å². The molecule has 2 aromatic carbocycles. The highest BCUT2D eigenvalue weighted by Crippen LogP contribution is 2.39. The van der Waals surface area contributed by atoms with Gasteiger partial charge in [0.25, 0.3) is 5.56 Å². The van der Waals surface area contributed by atoms with Gasteiger partial charge in [0.15, 0.2) is 5.52 Å². The van der Waals surface area contributed by atoms with Crippen LogP contribution in [0.15, 0.2) is 59.5 Å². The van der Waals surface area contributed by atoms with E-state index in [0.717, 1.165) is 43.1 Å². The molecular formula is C33H35F3N8O2. The zero-order valence-corrected chi connectivity index (χ0v) is 25.6. The first-order chi connectivity index (χ1) is 22.3. The highest BCUT2D eigenvalue weighted by Gasteiger charge is 2.36. The predicted molar refractivity (Wildman–Crippen MR) is 171 cm³/mol. The highest BCUT2D eigenvalue weighted by molar-refractivity contribution is 6.04. The number of piperidine rings is 1. The second kappa shape index (κ2) is 12.4. The maximum Gasteiger partial charge on any atom is 0.418 e. The quantitative estimate of drug-likeness (QED) is 0.276. The minimum Gasteiger partial charge on any atom is -0.481 e. The zero-order valence-electron chi connectivity index (χ0n) is 25.6. The summed E-state index contributed by atoms with van der Waals surface area (Å²) in [6.07, 6.45) is 0.586. The molecule has 0 unspecified atom stereocenters.